The van der Waals surface area contributed by atoms with E-state index in [0.29, 0.717) is 5.56 Å². The molecule has 0 fully saturated rings. The number of nitro groups is 1. The number of nitrogens with zero attached hydrogens (tertiary/aromatic N) is 2. The second-order valence-corrected chi connectivity index (χ2v) is 4.39. The van der Waals surface area contributed by atoms with E-state index in [1.807, 2.05) is 36.4 Å². The molecule has 0 bridgehead atoms. The summed E-state index contributed by atoms with van der Waals surface area (Å²) in [4.78, 5) is 10.5. The van der Waals surface area contributed by atoms with Gasteiger partial charge in [-0.1, -0.05) is 30.3 Å². The van der Waals surface area contributed by atoms with Gasteiger partial charge in [0.1, 0.15) is 5.69 Å². The lowest BCUT2D eigenvalue weighted by atomic mass is 10.1. The van der Waals surface area contributed by atoms with Gasteiger partial charge in [0, 0.05) is 6.07 Å². The van der Waals surface area contributed by atoms with Gasteiger partial charge in [0.2, 0.25) is 0 Å². The number of aliphatic hydroxyl groups is 1. The van der Waals surface area contributed by atoms with E-state index in [1.165, 1.54) is 18.2 Å². The minimum absolute atomic E-state index is 0.136. The maximum Gasteiger partial charge on any atom is 0.292 e. The predicted octanol–water partition coefficient (Wildman–Crippen LogP) is 2.61. The molecule has 0 aliphatic carbocycles. The van der Waals surface area contributed by atoms with Crippen LogP contribution in [0, 0.1) is 21.4 Å². The third-order valence-electron chi connectivity index (χ3n) is 3.04. The van der Waals surface area contributed by atoms with Gasteiger partial charge in [0.05, 0.1) is 29.2 Å². The summed E-state index contributed by atoms with van der Waals surface area (Å²) in [5, 5.41) is 32.4. The Morgan fingerprint density at radius 3 is 2.57 bits per heavy atom. The van der Waals surface area contributed by atoms with E-state index in [-0.39, 0.29) is 18.0 Å². The van der Waals surface area contributed by atoms with Gasteiger partial charge >= 0.3 is 0 Å². The van der Waals surface area contributed by atoms with Crippen LogP contribution in [0.2, 0.25) is 0 Å². The van der Waals surface area contributed by atoms with E-state index >= 15 is 0 Å². The molecule has 2 rings (SSSR count). The molecule has 106 valence electrons. The smallest absolute Gasteiger partial charge is 0.292 e. The number of benzene rings is 2. The van der Waals surface area contributed by atoms with Crippen LogP contribution in [0.3, 0.4) is 0 Å². The fourth-order valence-electron chi connectivity index (χ4n) is 1.99. The lowest BCUT2D eigenvalue weighted by molar-refractivity contribution is -0.384. The highest BCUT2D eigenvalue weighted by Crippen LogP contribution is 2.29. The Morgan fingerprint density at radius 1 is 1.29 bits per heavy atom. The lowest BCUT2D eigenvalue weighted by Gasteiger charge is -2.18. The van der Waals surface area contributed by atoms with Crippen LogP contribution in [0.5, 0.6) is 0 Å². The first kappa shape index (κ1) is 14.5. The summed E-state index contributed by atoms with van der Waals surface area (Å²) in [5.41, 5.74) is 1.19. The molecule has 1 atom stereocenters. The molecule has 2 N–H and O–H groups in total. The van der Waals surface area contributed by atoms with Crippen molar-refractivity contribution in [2.24, 2.45) is 0 Å². The van der Waals surface area contributed by atoms with Crippen molar-refractivity contribution in [3.8, 4) is 6.07 Å². The van der Waals surface area contributed by atoms with Crippen LogP contribution in [0.4, 0.5) is 11.4 Å². The van der Waals surface area contributed by atoms with Crippen LogP contribution in [0.1, 0.15) is 17.2 Å². The molecule has 0 spiro atoms. The second kappa shape index (κ2) is 6.50. The van der Waals surface area contributed by atoms with E-state index in [2.05, 4.69) is 5.32 Å². The van der Waals surface area contributed by atoms with Crippen molar-refractivity contribution < 1.29 is 10.0 Å². The molecule has 0 saturated carbocycles. The van der Waals surface area contributed by atoms with Gasteiger partial charge in [-0.3, -0.25) is 10.1 Å². The van der Waals surface area contributed by atoms with Gasteiger partial charge < -0.3 is 10.4 Å². The Morgan fingerprint density at radius 2 is 2.00 bits per heavy atom. The zero-order chi connectivity index (χ0) is 15.2. The molecule has 0 radical (unpaired) electrons. The highest BCUT2D eigenvalue weighted by Gasteiger charge is 2.18. The number of rotatable bonds is 5. The number of anilines is 1. The molecular formula is C15H13N3O3. The summed E-state index contributed by atoms with van der Waals surface area (Å²) < 4.78 is 0. The zero-order valence-electron chi connectivity index (χ0n) is 11.1. The van der Waals surface area contributed by atoms with E-state index in [9.17, 15) is 15.2 Å². The molecule has 21 heavy (non-hydrogen) atoms. The molecule has 0 saturated heterocycles. The molecule has 2 aromatic rings. The molecule has 0 heterocycles. The molecule has 0 amide bonds. The van der Waals surface area contributed by atoms with Crippen molar-refractivity contribution >= 4 is 11.4 Å². The first-order valence-corrected chi connectivity index (χ1v) is 6.26. The summed E-state index contributed by atoms with van der Waals surface area (Å²) in [6.07, 6.45) is 0. The third kappa shape index (κ3) is 3.35. The van der Waals surface area contributed by atoms with Gasteiger partial charge in [-0.25, -0.2) is 0 Å². The van der Waals surface area contributed by atoms with Gasteiger partial charge in [0.15, 0.2) is 0 Å². The van der Waals surface area contributed by atoms with E-state index in [0.717, 1.165) is 5.56 Å². The normalized spacial score (nSPS) is 11.4. The Kier molecular flexibility index (Phi) is 4.49. The number of nitrogens with one attached hydrogen (secondary N) is 1. The number of nitro benzene ring substituents is 1. The van der Waals surface area contributed by atoms with Gasteiger partial charge in [-0.05, 0) is 17.7 Å². The average molecular weight is 283 g/mol. The summed E-state index contributed by atoms with van der Waals surface area (Å²) in [5.74, 6) is 0. The third-order valence-corrected chi connectivity index (χ3v) is 3.04. The number of hydrogen-bond acceptors (Lipinski definition) is 5. The zero-order valence-corrected chi connectivity index (χ0v) is 11.1. The highest BCUT2D eigenvalue weighted by atomic mass is 16.6. The molecule has 6 nitrogen and oxygen atoms in total. The highest BCUT2D eigenvalue weighted by molar-refractivity contribution is 5.65. The summed E-state index contributed by atoms with van der Waals surface area (Å²) in [7, 11) is 0. The van der Waals surface area contributed by atoms with Crippen molar-refractivity contribution in [2.75, 3.05) is 11.9 Å². The van der Waals surface area contributed by atoms with Crippen molar-refractivity contribution in [2.45, 2.75) is 6.04 Å². The quantitative estimate of drug-likeness (QED) is 0.649. The summed E-state index contributed by atoms with van der Waals surface area (Å²) in [6.45, 7) is -0.224. The molecule has 1 unspecified atom stereocenters. The first-order valence-electron chi connectivity index (χ1n) is 6.26. The predicted molar refractivity (Wildman–Crippen MR) is 77.7 cm³/mol. The fraction of sp³-hybridized carbons (Fsp3) is 0.133. The van der Waals surface area contributed by atoms with E-state index < -0.39 is 11.0 Å². The Balaban J connectivity index is 2.37. The monoisotopic (exact) mass is 283 g/mol. The average Bonchev–Trinajstić information content (AvgIpc) is 2.53. The minimum Gasteiger partial charge on any atom is -0.394 e. The van der Waals surface area contributed by atoms with Gasteiger partial charge in [-0.2, -0.15) is 5.26 Å². The Hall–Kier alpha value is -2.91. The molecule has 0 aliphatic rings. The van der Waals surface area contributed by atoms with Gasteiger partial charge in [-0.15, -0.1) is 0 Å². The lowest BCUT2D eigenvalue weighted by Crippen LogP contribution is -2.15. The van der Waals surface area contributed by atoms with Crippen LogP contribution in [0.15, 0.2) is 48.5 Å². The van der Waals surface area contributed by atoms with Crippen molar-refractivity contribution in [3.05, 3.63) is 69.8 Å². The van der Waals surface area contributed by atoms with Crippen LogP contribution in [0.25, 0.3) is 0 Å². The SMILES string of the molecule is N#Cc1ccc([N+](=O)[O-])c(NC(CO)c2ccccc2)c1. The molecule has 0 aliphatic heterocycles. The first-order chi connectivity index (χ1) is 10.2. The minimum atomic E-state index is -0.525. The fourth-order valence-corrected chi connectivity index (χ4v) is 1.99. The molecule has 2 aromatic carbocycles. The van der Waals surface area contributed by atoms with Crippen LogP contribution in [-0.4, -0.2) is 16.6 Å². The van der Waals surface area contributed by atoms with Gasteiger partial charge in [0.25, 0.3) is 5.69 Å². The number of hydrogen-bond donors (Lipinski definition) is 2. The number of aliphatic hydroxyl groups excluding tert-OH is 1. The Labute approximate surface area is 121 Å². The Bertz CT molecular complexity index is 680. The van der Waals surface area contributed by atoms with Crippen LogP contribution in [-0.2, 0) is 0 Å². The maximum absolute atomic E-state index is 11.0. The van der Waals surface area contributed by atoms with E-state index in [1.54, 1.807) is 0 Å². The van der Waals surface area contributed by atoms with Crippen molar-refractivity contribution in [1.82, 2.24) is 0 Å². The van der Waals surface area contributed by atoms with Crippen molar-refractivity contribution in [1.29, 1.82) is 5.26 Å². The van der Waals surface area contributed by atoms with Crippen LogP contribution < -0.4 is 5.32 Å². The molecule has 6 heteroatoms. The second-order valence-electron chi connectivity index (χ2n) is 4.39. The largest absolute Gasteiger partial charge is 0.394 e. The van der Waals surface area contributed by atoms with E-state index in [4.69, 9.17) is 5.26 Å². The topological polar surface area (TPSA) is 99.2 Å². The maximum atomic E-state index is 11.0. The summed E-state index contributed by atoms with van der Waals surface area (Å²) >= 11 is 0. The van der Waals surface area contributed by atoms with Crippen molar-refractivity contribution in [3.63, 3.8) is 0 Å². The molecule has 0 aromatic heterocycles. The molecular weight excluding hydrogens is 270 g/mol. The number of nitriles is 1. The summed E-state index contributed by atoms with van der Waals surface area (Å²) in [6, 6.07) is 14.6. The van der Waals surface area contributed by atoms with Crippen LogP contribution >= 0.6 is 0 Å². The standard InChI is InChI=1S/C15H13N3O3/c16-9-11-6-7-15(18(20)21)13(8-11)17-14(10-19)12-4-2-1-3-5-12/h1-8,14,17,19H,10H2.